The Kier molecular flexibility index (Phi) is 3.37. The molecule has 1 aromatic carbocycles. The second kappa shape index (κ2) is 5.33. The van der Waals surface area contributed by atoms with Crippen LogP contribution in [-0.2, 0) is 6.42 Å². The van der Waals surface area contributed by atoms with Gasteiger partial charge in [-0.3, -0.25) is 9.78 Å². The summed E-state index contributed by atoms with van der Waals surface area (Å²) in [4.78, 5) is 16.2. The van der Waals surface area contributed by atoms with Crippen molar-refractivity contribution in [2.45, 2.75) is 12.3 Å². The number of amides is 1. The lowest BCUT2D eigenvalue weighted by molar-refractivity contribution is 0.0945. The zero-order valence-electron chi connectivity index (χ0n) is 11.4. The molecule has 0 radical (unpaired) electrons. The Labute approximate surface area is 118 Å². The number of carbonyl (C=O) groups excluding carboxylic acids is 1. The molecule has 2 N–H and O–H groups in total. The Balaban J connectivity index is 1.61. The molecule has 0 fully saturated rings. The largest absolute Gasteiger partial charge is 0.388 e. The van der Waals surface area contributed by atoms with Crippen LogP contribution in [0.25, 0.3) is 0 Å². The van der Waals surface area contributed by atoms with Gasteiger partial charge in [0.05, 0.1) is 0 Å². The summed E-state index contributed by atoms with van der Waals surface area (Å²) in [6.07, 6.45) is 2.68. The van der Waals surface area contributed by atoms with Gasteiger partial charge in [0, 0.05) is 31.4 Å². The first-order valence-corrected chi connectivity index (χ1v) is 6.77. The van der Waals surface area contributed by atoms with Crippen molar-refractivity contribution in [3.05, 3.63) is 59.4 Å². The molecule has 1 aromatic heterocycles. The summed E-state index contributed by atoms with van der Waals surface area (Å²) in [6, 6.07) is 12.0. The van der Waals surface area contributed by atoms with Crippen LogP contribution < -0.4 is 10.6 Å². The van der Waals surface area contributed by atoms with Crippen molar-refractivity contribution in [1.82, 2.24) is 10.3 Å². The third-order valence-electron chi connectivity index (χ3n) is 3.75. The van der Waals surface area contributed by atoms with Gasteiger partial charge in [0.2, 0.25) is 0 Å². The van der Waals surface area contributed by atoms with Crippen LogP contribution in [0.1, 0.15) is 27.5 Å². The summed E-state index contributed by atoms with van der Waals surface area (Å²) in [5.74, 6) is 0.314. The highest BCUT2D eigenvalue weighted by molar-refractivity contribution is 5.93. The minimum absolute atomic E-state index is 0.119. The van der Waals surface area contributed by atoms with E-state index < -0.39 is 0 Å². The topological polar surface area (TPSA) is 54.0 Å². The Morgan fingerprint density at radius 3 is 3.00 bits per heavy atom. The highest BCUT2D eigenvalue weighted by Gasteiger charge is 2.25. The number of aromatic nitrogens is 1. The first kappa shape index (κ1) is 12.7. The van der Waals surface area contributed by atoms with Gasteiger partial charge in [-0.25, -0.2) is 0 Å². The van der Waals surface area contributed by atoms with E-state index in [0.717, 1.165) is 12.1 Å². The number of nitrogens with zero attached hydrogens (tertiary/aromatic N) is 1. The molecule has 1 amide bonds. The molecule has 1 aliphatic carbocycles. The molecule has 0 aliphatic heterocycles. The Bertz CT molecular complexity index is 639. The van der Waals surface area contributed by atoms with E-state index in [1.165, 1.54) is 11.1 Å². The molecule has 4 heteroatoms. The molecule has 0 spiro atoms. The predicted molar refractivity (Wildman–Crippen MR) is 79.0 cm³/mol. The van der Waals surface area contributed by atoms with Crippen molar-refractivity contribution in [2.24, 2.45) is 0 Å². The van der Waals surface area contributed by atoms with Gasteiger partial charge >= 0.3 is 0 Å². The van der Waals surface area contributed by atoms with Crippen LogP contribution in [-0.4, -0.2) is 24.5 Å². The van der Waals surface area contributed by atoms with E-state index in [-0.39, 0.29) is 5.91 Å². The van der Waals surface area contributed by atoms with E-state index in [9.17, 15) is 4.79 Å². The maximum atomic E-state index is 12.1. The summed E-state index contributed by atoms with van der Waals surface area (Å²) < 4.78 is 0. The summed E-state index contributed by atoms with van der Waals surface area (Å²) in [5, 5.41) is 5.97. The fourth-order valence-corrected chi connectivity index (χ4v) is 2.56. The van der Waals surface area contributed by atoms with Gasteiger partial charge in [-0.05, 0) is 29.7 Å². The number of benzene rings is 1. The minimum atomic E-state index is -0.119. The van der Waals surface area contributed by atoms with Crippen molar-refractivity contribution in [3.63, 3.8) is 0 Å². The Morgan fingerprint density at radius 1 is 1.35 bits per heavy atom. The van der Waals surface area contributed by atoms with Crippen LogP contribution in [0.3, 0.4) is 0 Å². The van der Waals surface area contributed by atoms with E-state index in [1.807, 2.05) is 19.2 Å². The predicted octanol–water partition coefficient (Wildman–Crippen LogP) is 2.19. The number of hydrogen-bond acceptors (Lipinski definition) is 3. The van der Waals surface area contributed by atoms with Crippen molar-refractivity contribution in [1.29, 1.82) is 0 Å². The van der Waals surface area contributed by atoms with Crippen LogP contribution in [0.5, 0.6) is 0 Å². The van der Waals surface area contributed by atoms with Gasteiger partial charge in [-0.2, -0.15) is 0 Å². The molecule has 2 aromatic rings. The average molecular weight is 267 g/mol. The molecule has 0 bridgehead atoms. The standard InChI is InChI=1S/C16H17N3O/c1-17-13-6-7-18-15(9-13)16(20)19-10-12-8-11-4-2-3-5-14(11)12/h2-7,9,12H,8,10H2,1H3,(H,17,18)(H,19,20). The number of anilines is 1. The third kappa shape index (κ3) is 2.37. The second-order valence-electron chi connectivity index (χ2n) is 4.99. The van der Waals surface area contributed by atoms with Gasteiger partial charge in [0.15, 0.2) is 0 Å². The van der Waals surface area contributed by atoms with Gasteiger partial charge in [0.25, 0.3) is 5.91 Å². The quantitative estimate of drug-likeness (QED) is 0.893. The lowest BCUT2D eigenvalue weighted by Crippen LogP contribution is -2.33. The first-order valence-electron chi connectivity index (χ1n) is 6.77. The molecule has 4 nitrogen and oxygen atoms in total. The molecular formula is C16H17N3O. The lowest BCUT2D eigenvalue weighted by Gasteiger charge is -2.30. The van der Waals surface area contributed by atoms with Crippen LogP contribution in [0.15, 0.2) is 42.6 Å². The molecule has 1 atom stereocenters. The third-order valence-corrected chi connectivity index (χ3v) is 3.75. The van der Waals surface area contributed by atoms with E-state index in [4.69, 9.17) is 0 Å². The van der Waals surface area contributed by atoms with E-state index in [0.29, 0.717) is 18.2 Å². The molecule has 1 heterocycles. The highest BCUT2D eigenvalue weighted by atomic mass is 16.1. The second-order valence-corrected chi connectivity index (χ2v) is 4.99. The van der Waals surface area contributed by atoms with E-state index >= 15 is 0 Å². The molecule has 3 rings (SSSR count). The SMILES string of the molecule is CNc1ccnc(C(=O)NCC2Cc3ccccc32)c1. The van der Waals surface area contributed by atoms with Crippen molar-refractivity contribution >= 4 is 11.6 Å². The van der Waals surface area contributed by atoms with Crippen LogP contribution in [0, 0.1) is 0 Å². The normalized spacial score (nSPS) is 15.9. The number of nitrogens with one attached hydrogen (secondary N) is 2. The zero-order valence-corrected chi connectivity index (χ0v) is 11.4. The summed E-state index contributed by atoms with van der Waals surface area (Å²) in [7, 11) is 1.82. The van der Waals surface area contributed by atoms with Crippen LogP contribution in [0.4, 0.5) is 5.69 Å². The summed E-state index contributed by atoms with van der Waals surface area (Å²) >= 11 is 0. The van der Waals surface area contributed by atoms with Gasteiger partial charge in [0.1, 0.15) is 5.69 Å². The van der Waals surface area contributed by atoms with Crippen molar-refractivity contribution in [2.75, 3.05) is 18.9 Å². The highest BCUT2D eigenvalue weighted by Crippen LogP contribution is 2.33. The Hall–Kier alpha value is -2.36. The number of carbonyl (C=O) groups is 1. The van der Waals surface area contributed by atoms with Gasteiger partial charge in [-0.15, -0.1) is 0 Å². The van der Waals surface area contributed by atoms with E-state index in [1.54, 1.807) is 12.3 Å². The summed E-state index contributed by atoms with van der Waals surface area (Å²) in [6.45, 7) is 0.668. The first-order chi connectivity index (χ1) is 9.78. The van der Waals surface area contributed by atoms with Gasteiger partial charge < -0.3 is 10.6 Å². The van der Waals surface area contributed by atoms with Crippen LogP contribution >= 0.6 is 0 Å². The minimum Gasteiger partial charge on any atom is -0.388 e. The van der Waals surface area contributed by atoms with Crippen LogP contribution in [0.2, 0.25) is 0 Å². The molecule has 0 saturated carbocycles. The molecule has 0 saturated heterocycles. The number of pyridine rings is 1. The maximum Gasteiger partial charge on any atom is 0.269 e. The monoisotopic (exact) mass is 267 g/mol. The van der Waals surface area contributed by atoms with Gasteiger partial charge in [-0.1, -0.05) is 24.3 Å². The Morgan fingerprint density at radius 2 is 2.20 bits per heavy atom. The molecule has 1 unspecified atom stereocenters. The van der Waals surface area contributed by atoms with Crippen molar-refractivity contribution < 1.29 is 4.79 Å². The van der Waals surface area contributed by atoms with E-state index in [2.05, 4.69) is 33.8 Å². The fourth-order valence-electron chi connectivity index (χ4n) is 2.56. The molecule has 102 valence electrons. The molecule has 20 heavy (non-hydrogen) atoms. The van der Waals surface area contributed by atoms with Crippen molar-refractivity contribution in [3.8, 4) is 0 Å². The zero-order chi connectivity index (χ0) is 13.9. The number of rotatable bonds is 4. The lowest BCUT2D eigenvalue weighted by atomic mass is 9.77. The smallest absolute Gasteiger partial charge is 0.269 e. The summed E-state index contributed by atoms with van der Waals surface area (Å²) in [5.41, 5.74) is 4.08. The average Bonchev–Trinajstić information content (AvgIpc) is 2.48. The number of fused-ring (bicyclic) bond motifs is 1. The molecule has 1 aliphatic rings. The molecular weight excluding hydrogens is 250 g/mol. The maximum absolute atomic E-state index is 12.1. The number of hydrogen-bond donors (Lipinski definition) is 2. The fraction of sp³-hybridized carbons (Fsp3) is 0.250.